The maximum atomic E-state index is 14.5. The summed E-state index contributed by atoms with van der Waals surface area (Å²) in [6.45, 7) is 2.10. The first kappa shape index (κ1) is 19.3. The van der Waals surface area contributed by atoms with E-state index in [0.29, 0.717) is 10.1 Å². The quantitative estimate of drug-likeness (QED) is 0.666. The number of aromatic nitrogens is 2. The van der Waals surface area contributed by atoms with Crippen LogP contribution in [0.25, 0.3) is 10.6 Å². The smallest absolute Gasteiger partial charge is 0.243 e. The number of ether oxygens (including phenoxy) is 1. The van der Waals surface area contributed by atoms with Gasteiger partial charge in [0, 0.05) is 35.7 Å². The molecule has 2 heterocycles. The molecule has 9 heteroatoms. The summed E-state index contributed by atoms with van der Waals surface area (Å²) >= 11 is 1.27. The Balaban J connectivity index is 1.59. The molecule has 0 unspecified atom stereocenters. The molecule has 0 bridgehead atoms. The molecule has 0 aliphatic carbocycles. The average Bonchev–Trinajstić information content (AvgIpc) is 3.30. The van der Waals surface area contributed by atoms with Gasteiger partial charge in [-0.2, -0.15) is 0 Å². The number of methoxy groups -OCH3 is 1. The first-order valence-electron chi connectivity index (χ1n) is 8.94. The van der Waals surface area contributed by atoms with Crippen LogP contribution in [0.3, 0.4) is 0 Å². The number of nitrogens with zero attached hydrogens (tertiary/aromatic N) is 2. The van der Waals surface area contributed by atoms with Crippen LogP contribution in [0.4, 0.5) is 13.9 Å². The van der Waals surface area contributed by atoms with Crippen LogP contribution in [0.2, 0.25) is 0 Å². The fourth-order valence-corrected chi connectivity index (χ4v) is 4.10. The lowest BCUT2D eigenvalue weighted by Gasteiger charge is -2.19. The molecule has 2 aromatic carbocycles. The largest absolute Gasteiger partial charge is 0.497 e. The molecule has 1 amide bonds. The number of hydrogen-bond acceptors (Lipinski definition) is 6. The average molecular weight is 416 g/mol. The molecular formula is C20H18F2N4O2S. The molecular weight excluding hydrogens is 398 g/mol. The molecule has 1 saturated heterocycles. The van der Waals surface area contributed by atoms with Gasteiger partial charge in [0.2, 0.25) is 11.0 Å². The molecule has 1 aliphatic heterocycles. The van der Waals surface area contributed by atoms with Crippen LogP contribution in [0.15, 0.2) is 36.4 Å². The van der Waals surface area contributed by atoms with E-state index >= 15 is 0 Å². The van der Waals surface area contributed by atoms with E-state index in [0.717, 1.165) is 23.3 Å². The van der Waals surface area contributed by atoms with E-state index in [1.165, 1.54) is 18.4 Å². The van der Waals surface area contributed by atoms with Gasteiger partial charge in [-0.15, -0.1) is 10.2 Å². The number of anilines is 1. The van der Waals surface area contributed by atoms with Crippen molar-refractivity contribution in [3.05, 3.63) is 59.2 Å². The molecule has 2 atom stereocenters. The second-order valence-electron chi connectivity index (χ2n) is 6.76. The SMILES string of the molecule is COc1cc(F)c([C@@H]2CNC(=O)[C@H]2Nc2nnc(-c3ccc(C)cc3)s2)c(F)c1. The van der Waals surface area contributed by atoms with E-state index in [-0.39, 0.29) is 23.8 Å². The minimum atomic E-state index is -0.869. The molecule has 6 nitrogen and oxygen atoms in total. The van der Waals surface area contributed by atoms with Crippen LogP contribution in [-0.2, 0) is 4.79 Å². The first-order chi connectivity index (χ1) is 14.0. The Hall–Kier alpha value is -3.07. The highest BCUT2D eigenvalue weighted by Gasteiger charge is 2.39. The molecule has 0 radical (unpaired) electrons. The van der Waals surface area contributed by atoms with Crippen molar-refractivity contribution in [1.29, 1.82) is 0 Å². The third-order valence-electron chi connectivity index (χ3n) is 4.84. The van der Waals surface area contributed by atoms with E-state index < -0.39 is 23.6 Å². The van der Waals surface area contributed by atoms with Crippen molar-refractivity contribution < 1.29 is 18.3 Å². The van der Waals surface area contributed by atoms with E-state index in [9.17, 15) is 13.6 Å². The number of benzene rings is 2. The normalized spacial score (nSPS) is 18.6. The summed E-state index contributed by atoms with van der Waals surface area (Å²) in [6.07, 6.45) is 0. The fourth-order valence-electron chi connectivity index (χ4n) is 3.32. The van der Waals surface area contributed by atoms with Crippen molar-refractivity contribution in [3.8, 4) is 16.3 Å². The van der Waals surface area contributed by atoms with Gasteiger partial charge in [0.15, 0.2) is 0 Å². The highest BCUT2D eigenvalue weighted by atomic mass is 32.1. The van der Waals surface area contributed by atoms with Crippen molar-refractivity contribution >= 4 is 22.4 Å². The topological polar surface area (TPSA) is 76.1 Å². The first-order valence-corrected chi connectivity index (χ1v) is 9.75. The van der Waals surface area contributed by atoms with Gasteiger partial charge in [-0.25, -0.2) is 8.78 Å². The molecule has 1 aromatic heterocycles. The number of hydrogen-bond donors (Lipinski definition) is 2. The molecule has 150 valence electrons. The minimum Gasteiger partial charge on any atom is -0.497 e. The Morgan fingerprint density at radius 3 is 2.52 bits per heavy atom. The standard InChI is InChI=1S/C20H18F2N4O2S/c1-10-3-5-11(6-4-10)19-25-26-20(29-19)24-17-13(9-23-18(17)27)16-14(21)7-12(28-2)8-15(16)22/h3-8,13,17H,9H2,1-2H3,(H,23,27)(H,24,26)/t13-,17-/m0/s1. The number of halogens is 2. The van der Waals surface area contributed by atoms with E-state index in [2.05, 4.69) is 20.8 Å². The van der Waals surface area contributed by atoms with Gasteiger partial charge in [-0.3, -0.25) is 4.79 Å². The number of rotatable bonds is 5. The molecule has 0 spiro atoms. The third-order valence-corrected chi connectivity index (χ3v) is 5.75. The lowest BCUT2D eigenvalue weighted by atomic mass is 9.93. The van der Waals surface area contributed by atoms with Crippen LogP contribution in [0, 0.1) is 18.6 Å². The second-order valence-corrected chi connectivity index (χ2v) is 7.73. The lowest BCUT2D eigenvalue weighted by molar-refractivity contribution is -0.119. The molecule has 29 heavy (non-hydrogen) atoms. The van der Waals surface area contributed by atoms with Crippen LogP contribution < -0.4 is 15.4 Å². The maximum Gasteiger partial charge on any atom is 0.243 e. The van der Waals surface area contributed by atoms with Crippen LogP contribution >= 0.6 is 11.3 Å². The zero-order valence-electron chi connectivity index (χ0n) is 15.7. The third kappa shape index (κ3) is 3.77. The van der Waals surface area contributed by atoms with Gasteiger partial charge < -0.3 is 15.4 Å². The van der Waals surface area contributed by atoms with Crippen LogP contribution in [0.1, 0.15) is 17.0 Å². The van der Waals surface area contributed by atoms with Gasteiger partial charge in [-0.05, 0) is 6.92 Å². The summed E-state index contributed by atoms with van der Waals surface area (Å²) in [5, 5.41) is 15.0. The van der Waals surface area contributed by atoms with E-state index in [1.54, 1.807) is 0 Å². The molecule has 3 aromatic rings. The summed E-state index contributed by atoms with van der Waals surface area (Å²) in [7, 11) is 1.33. The number of carbonyl (C=O) groups is 1. The number of amides is 1. The highest BCUT2D eigenvalue weighted by molar-refractivity contribution is 7.18. The monoisotopic (exact) mass is 416 g/mol. The Labute approximate surface area is 169 Å². The summed E-state index contributed by atoms with van der Waals surface area (Å²) < 4.78 is 34.0. The van der Waals surface area contributed by atoms with Crippen molar-refractivity contribution in [1.82, 2.24) is 15.5 Å². The van der Waals surface area contributed by atoms with Crippen LogP contribution in [0.5, 0.6) is 5.75 Å². The molecule has 1 aliphatic rings. The van der Waals surface area contributed by atoms with Gasteiger partial charge in [0.05, 0.1) is 7.11 Å². The Kier molecular flexibility index (Phi) is 5.14. The van der Waals surface area contributed by atoms with Crippen molar-refractivity contribution in [2.75, 3.05) is 19.0 Å². The maximum absolute atomic E-state index is 14.5. The highest BCUT2D eigenvalue weighted by Crippen LogP contribution is 2.34. The predicted molar refractivity (Wildman–Crippen MR) is 106 cm³/mol. The lowest BCUT2D eigenvalue weighted by Crippen LogP contribution is -2.33. The zero-order chi connectivity index (χ0) is 20.5. The Bertz CT molecular complexity index is 1030. The van der Waals surface area contributed by atoms with E-state index in [4.69, 9.17) is 4.74 Å². The Morgan fingerprint density at radius 1 is 1.17 bits per heavy atom. The number of carbonyl (C=O) groups excluding carboxylic acids is 1. The number of nitrogens with one attached hydrogen (secondary N) is 2. The molecule has 0 saturated carbocycles. The fraction of sp³-hybridized carbons (Fsp3) is 0.250. The van der Waals surface area contributed by atoms with Crippen molar-refractivity contribution in [2.24, 2.45) is 0 Å². The minimum absolute atomic E-state index is 0.0809. The Morgan fingerprint density at radius 2 is 1.86 bits per heavy atom. The zero-order valence-corrected chi connectivity index (χ0v) is 16.5. The van der Waals surface area contributed by atoms with Gasteiger partial charge in [0.25, 0.3) is 0 Å². The summed E-state index contributed by atoms with van der Waals surface area (Å²) in [6, 6.07) is 9.17. The van der Waals surface area contributed by atoms with Gasteiger partial charge >= 0.3 is 0 Å². The molecule has 4 rings (SSSR count). The van der Waals surface area contributed by atoms with Crippen molar-refractivity contribution in [2.45, 2.75) is 18.9 Å². The molecule has 2 N–H and O–H groups in total. The van der Waals surface area contributed by atoms with Crippen molar-refractivity contribution in [3.63, 3.8) is 0 Å². The van der Waals surface area contributed by atoms with Gasteiger partial charge in [-0.1, -0.05) is 41.2 Å². The summed E-state index contributed by atoms with van der Waals surface area (Å²) in [5.74, 6) is -2.52. The van der Waals surface area contributed by atoms with Crippen LogP contribution in [-0.4, -0.2) is 35.8 Å². The number of aryl methyl sites for hydroxylation is 1. The van der Waals surface area contributed by atoms with Gasteiger partial charge in [0.1, 0.15) is 28.4 Å². The predicted octanol–water partition coefficient (Wildman–Crippen LogP) is 3.49. The summed E-state index contributed by atoms with van der Waals surface area (Å²) in [5.41, 5.74) is 1.87. The molecule has 1 fully saturated rings. The second kappa shape index (κ2) is 7.75. The van der Waals surface area contributed by atoms with E-state index in [1.807, 2.05) is 31.2 Å². The summed E-state index contributed by atoms with van der Waals surface area (Å²) in [4.78, 5) is 12.3.